The van der Waals surface area contributed by atoms with Gasteiger partial charge in [0.1, 0.15) is 12.4 Å². The van der Waals surface area contributed by atoms with Crippen molar-refractivity contribution in [3.63, 3.8) is 0 Å². The minimum absolute atomic E-state index is 0.00558. The number of benzene rings is 1. The predicted octanol–water partition coefficient (Wildman–Crippen LogP) is 1.06. The van der Waals surface area contributed by atoms with Gasteiger partial charge in [0.15, 0.2) is 0 Å². The Hall–Kier alpha value is -2.12. The van der Waals surface area contributed by atoms with Crippen LogP contribution in [-0.2, 0) is 25.6 Å². The monoisotopic (exact) mass is 362 g/mol. The summed E-state index contributed by atoms with van der Waals surface area (Å²) in [6.07, 6.45) is 2.13. The molecular weight excluding hydrogens is 336 g/mol. The number of hydrogen-bond donors (Lipinski definition) is 0. The van der Waals surface area contributed by atoms with Crippen molar-refractivity contribution in [2.45, 2.75) is 25.5 Å². The summed E-state index contributed by atoms with van der Waals surface area (Å²) in [5.41, 5.74) is 1.04. The normalized spacial score (nSPS) is 20.5. The number of carbonyl (C=O) groups is 2. The van der Waals surface area contributed by atoms with Crippen LogP contribution in [0.2, 0.25) is 0 Å². The van der Waals surface area contributed by atoms with Gasteiger partial charge in [-0.15, -0.1) is 0 Å². The second-order valence-corrected chi connectivity index (χ2v) is 6.63. The average molecular weight is 362 g/mol. The minimum Gasteiger partial charge on any atom is -0.497 e. The Kier molecular flexibility index (Phi) is 6.46. The molecule has 2 amide bonds. The van der Waals surface area contributed by atoms with Gasteiger partial charge in [0, 0.05) is 26.2 Å². The fourth-order valence-electron chi connectivity index (χ4n) is 3.18. The van der Waals surface area contributed by atoms with Crippen LogP contribution in [0.1, 0.15) is 18.4 Å². The van der Waals surface area contributed by atoms with Crippen molar-refractivity contribution in [3.8, 4) is 5.75 Å². The average Bonchev–Trinajstić information content (AvgIpc) is 3.17. The van der Waals surface area contributed by atoms with E-state index in [1.54, 1.807) is 16.9 Å². The van der Waals surface area contributed by atoms with Crippen LogP contribution in [0.3, 0.4) is 0 Å². The van der Waals surface area contributed by atoms with Crippen LogP contribution in [-0.4, -0.2) is 74.3 Å². The second-order valence-electron chi connectivity index (χ2n) is 6.63. The van der Waals surface area contributed by atoms with Gasteiger partial charge >= 0.3 is 0 Å². The van der Waals surface area contributed by atoms with Crippen molar-refractivity contribution < 1.29 is 23.8 Å². The fourth-order valence-corrected chi connectivity index (χ4v) is 3.18. The van der Waals surface area contributed by atoms with E-state index >= 15 is 0 Å². The van der Waals surface area contributed by atoms with Gasteiger partial charge < -0.3 is 24.0 Å². The molecule has 0 aromatic heterocycles. The lowest BCUT2D eigenvalue weighted by Crippen LogP contribution is -2.52. The highest BCUT2D eigenvalue weighted by atomic mass is 16.5. The molecular formula is C19H26N2O5. The lowest BCUT2D eigenvalue weighted by molar-refractivity contribution is -0.148. The Morgan fingerprint density at radius 2 is 2.08 bits per heavy atom. The number of piperazine rings is 1. The third-order valence-electron chi connectivity index (χ3n) is 4.76. The maximum absolute atomic E-state index is 12.4. The van der Waals surface area contributed by atoms with Crippen LogP contribution in [0.15, 0.2) is 24.3 Å². The Balaban J connectivity index is 1.41. The maximum atomic E-state index is 12.4. The summed E-state index contributed by atoms with van der Waals surface area (Å²) in [6.45, 7) is 2.93. The molecule has 1 aromatic rings. The Bertz CT molecular complexity index is 613. The topological polar surface area (TPSA) is 68.3 Å². The van der Waals surface area contributed by atoms with Gasteiger partial charge in [-0.2, -0.15) is 0 Å². The Morgan fingerprint density at radius 1 is 1.27 bits per heavy atom. The number of ether oxygens (including phenoxy) is 3. The number of carbonyl (C=O) groups excluding carboxylic acids is 2. The molecule has 2 aliphatic heterocycles. The van der Waals surface area contributed by atoms with Crippen molar-refractivity contribution in [3.05, 3.63) is 29.8 Å². The molecule has 142 valence electrons. The largest absolute Gasteiger partial charge is 0.497 e. The predicted molar refractivity (Wildman–Crippen MR) is 94.8 cm³/mol. The zero-order chi connectivity index (χ0) is 18.4. The molecule has 7 nitrogen and oxygen atoms in total. The lowest BCUT2D eigenvalue weighted by atomic mass is 10.2. The summed E-state index contributed by atoms with van der Waals surface area (Å²) in [6, 6.07) is 7.65. The Morgan fingerprint density at radius 3 is 2.73 bits per heavy atom. The van der Waals surface area contributed by atoms with Crippen LogP contribution in [0.5, 0.6) is 5.75 Å². The van der Waals surface area contributed by atoms with Crippen molar-refractivity contribution in [1.29, 1.82) is 0 Å². The van der Waals surface area contributed by atoms with E-state index in [4.69, 9.17) is 14.2 Å². The zero-order valence-corrected chi connectivity index (χ0v) is 15.2. The third kappa shape index (κ3) is 4.95. The molecule has 2 aliphatic rings. The second kappa shape index (κ2) is 9.00. The number of nitrogens with zero attached hydrogens (tertiary/aromatic N) is 2. The molecule has 0 aliphatic carbocycles. The van der Waals surface area contributed by atoms with E-state index in [0.717, 1.165) is 30.8 Å². The van der Waals surface area contributed by atoms with E-state index in [1.165, 1.54) is 0 Å². The van der Waals surface area contributed by atoms with Crippen LogP contribution in [0.25, 0.3) is 0 Å². The highest BCUT2D eigenvalue weighted by Gasteiger charge is 2.27. The van der Waals surface area contributed by atoms with Crippen LogP contribution >= 0.6 is 0 Å². The van der Waals surface area contributed by atoms with E-state index < -0.39 is 0 Å². The highest BCUT2D eigenvalue weighted by molar-refractivity contribution is 5.86. The number of methoxy groups -OCH3 is 1. The standard InChI is InChI=1S/C19H26N2O5/c1-24-16-6-4-15(5-7-16)11-20-8-9-21(12-18(20)22)19(23)14-25-13-17-3-2-10-26-17/h4-7,17H,2-3,8-14H2,1H3/t17-/m0/s1. The quantitative estimate of drug-likeness (QED) is 0.726. The summed E-state index contributed by atoms with van der Waals surface area (Å²) < 4.78 is 16.1. The molecule has 0 bridgehead atoms. The first-order valence-electron chi connectivity index (χ1n) is 9.03. The first-order valence-corrected chi connectivity index (χ1v) is 9.03. The molecule has 7 heteroatoms. The van der Waals surface area contributed by atoms with Crippen molar-refractivity contribution in [2.75, 3.05) is 46.6 Å². The van der Waals surface area contributed by atoms with Crippen molar-refractivity contribution in [2.24, 2.45) is 0 Å². The van der Waals surface area contributed by atoms with Crippen LogP contribution < -0.4 is 4.74 Å². The minimum atomic E-state index is -0.138. The van der Waals surface area contributed by atoms with Gasteiger partial charge in [-0.3, -0.25) is 9.59 Å². The molecule has 1 atom stereocenters. The first kappa shape index (κ1) is 18.7. The van der Waals surface area contributed by atoms with Crippen LogP contribution in [0, 0.1) is 0 Å². The van der Waals surface area contributed by atoms with Crippen molar-refractivity contribution >= 4 is 11.8 Å². The van der Waals surface area contributed by atoms with Gasteiger partial charge in [-0.05, 0) is 30.5 Å². The molecule has 2 saturated heterocycles. The third-order valence-corrected chi connectivity index (χ3v) is 4.76. The summed E-state index contributed by atoms with van der Waals surface area (Å²) in [5.74, 6) is 0.610. The molecule has 0 radical (unpaired) electrons. The van der Waals surface area contributed by atoms with E-state index in [1.807, 2.05) is 24.3 Å². The van der Waals surface area contributed by atoms with Crippen molar-refractivity contribution in [1.82, 2.24) is 9.80 Å². The SMILES string of the molecule is COc1ccc(CN2CCN(C(=O)COC[C@@H]3CCCO3)CC2=O)cc1. The molecule has 0 spiro atoms. The van der Waals surface area contributed by atoms with E-state index in [-0.39, 0.29) is 31.1 Å². The molecule has 0 saturated carbocycles. The molecule has 2 heterocycles. The van der Waals surface area contributed by atoms with E-state index in [2.05, 4.69) is 0 Å². The summed E-state index contributed by atoms with van der Waals surface area (Å²) >= 11 is 0. The van der Waals surface area contributed by atoms with Crippen LogP contribution in [0.4, 0.5) is 0 Å². The first-order chi connectivity index (χ1) is 12.7. The molecule has 26 heavy (non-hydrogen) atoms. The summed E-state index contributed by atoms with van der Waals surface area (Å²) in [4.78, 5) is 27.9. The summed E-state index contributed by atoms with van der Waals surface area (Å²) in [7, 11) is 1.62. The van der Waals surface area contributed by atoms with Gasteiger partial charge in [0.05, 0.1) is 26.4 Å². The van der Waals surface area contributed by atoms with Gasteiger partial charge in [0.2, 0.25) is 11.8 Å². The maximum Gasteiger partial charge on any atom is 0.249 e. The fraction of sp³-hybridized carbons (Fsp3) is 0.579. The van der Waals surface area contributed by atoms with Gasteiger partial charge in [-0.1, -0.05) is 12.1 Å². The van der Waals surface area contributed by atoms with Gasteiger partial charge in [0.25, 0.3) is 0 Å². The highest BCUT2D eigenvalue weighted by Crippen LogP contribution is 2.15. The summed E-state index contributed by atoms with van der Waals surface area (Å²) in [5, 5.41) is 0. The smallest absolute Gasteiger partial charge is 0.249 e. The molecule has 2 fully saturated rings. The number of rotatable bonds is 7. The van der Waals surface area contributed by atoms with E-state index in [9.17, 15) is 9.59 Å². The van der Waals surface area contributed by atoms with E-state index in [0.29, 0.717) is 26.2 Å². The molecule has 1 aromatic carbocycles. The molecule has 0 unspecified atom stereocenters. The zero-order valence-electron chi connectivity index (χ0n) is 15.2. The Labute approximate surface area is 153 Å². The number of hydrogen-bond acceptors (Lipinski definition) is 5. The molecule has 3 rings (SSSR count). The number of amides is 2. The molecule has 0 N–H and O–H groups in total. The lowest BCUT2D eigenvalue weighted by Gasteiger charge is -2.34. The van der Waals surface area contributed by atoms with Gasteiger partial charge in [-0.25, -0.2) is 0 Å².